The van der Waals surface area contributed by atoms with Gasteiger partial charge in [0.05, 0.1) is 0 Å². The normalized spacial score (nSPS) is 10.3. The molecule has 0 aliphatic heterocycles. The van der Waals surface area contributed by atoms with Gasteiger partial charge in [-0.1, -0.05) is 6.07 Å². The Balaban J connectivity index is 1.78. The van der Waals surface area contributed by atoms with Gasteiger partial charge in [0.15, 0.2) is 5.78 Å². The maximum Gasteiger partial charge on any atom is 0.255 e. The topological polar surface area (TPSA) is 51.1 Å². The molecule has 0 radical (unpaired) electrons. The van der Waals surface area contributed by atoms with E-state index in [2.05, 4.69) is 5.32 Å². The third-order valence-corrected chi connectivity index (χ3v) is 3.56. The van der Waals surface area contributed by atoms with Crippen molar-refractivity contribution in [2.24, 2.45) is 0 Å². The summed E-state index contributed by atoms with van der Waals surface area (Å²) < 4.78 is 1.94. The summed E-state index contributed by atoms with van der Waals surface area (Å²) in [5.74, 6) is -0.183. The molecule has 0 unspecified atom stereocenters. The van der Waals surface area contributed by atoms with Crippen molar-refractivity contribution in [2.45, 2.75) is 6.92 Å². The number of carbonyl (C=O) groups excluding carboxylic acids is 2. The number of ketones is 1. The Morgan fingerprint density at radius 3 is 2.22 bits per heavy atom. The number of benzene rings is 2. The van der Waals surface area contributed by atoms with Crippen LogP contribution in [0.2, 0.25) is 0 Å². The maximum absolute atomic E-state index is 12.4. The summed E-state index contributed by atoms with van der Waals surface area (Å²) in [6.07, 6.45) is 3.86. The van der Waals surface area contributed by atoms with E-state index in [4.69, 9.17) is 0 Å². The molecule has 1 heterocycles. The molecule has 1 amide bonds. The molecule has 23 heavy (non-hydrogen) atoms. The van der Waals surface area contributed by atoms with Gasteiger partial charge in [0.25, 0.3) is 5.91 Å². The molecule has 3 rings (SSSR count). The van der Waals surface area contributed by atoms with Crippen LogP contribution in [-0.4, -0.2) is 16.3 Å². The molecular formula is C19H16N2O2. The predicted octanol–water partition coefficient (Wildman–Crippen LogP) is 3.93. The highest BCUT2D eigenvalue weighted by molar-refractivity contribution is 6.04. The average molecular weight is 304 g/mol. The highest BCUT2D eigenvalue weighted by Crippen LogP contribution is 2.14. The fourth-order valence-electron chi connectivity index (χ4n) is 2.31. The van der Waals surface area contributed by atoms with Gasteiger partial charge in [0.2, 0.25) is 0 Å². The summed E-state index contributed by atoms with van der Waals surface area (Å²) in [6, 6.07) is 18.1. The minimum atomic E-state index is -0.186. The second-order valence-corrected chi connectivity index (χ2v) is 5.23. The van der Waals surface area contributed by atoms with Crippen molar-refractivity contribution < 1.29 is 9.59 Å². The number of rotatable bonds is 4. The highest BCUT2D eigenvalue weighted by Gasteiger charge is 2.08. The summed E-state index contributed by atoms with van der Waals surface area (Å²) >= 11 is 0. The number of aromatic nitrogens is 1. The first-order chi connectivity index (χ1) is 11.1. The lowest BCUT2D eigenvalue weighted by Gasteiger charge is -2.08. The Bertz CT molecular complexity index is 834. The summed E-state index contributed by atoms with van der Waals surface area (Å²) in [4.78, 5) is 23.6. The molecule has 0 saturated heterocycles. The summed E-state index contributed by atoms with van der Waals surface area (Å²) in [5, 5.41) is 2.84. The zero-order valence-corrected chi connectivity index (χ0v) is 12.7. The van der Waals surface area contributed by atoms with Crippen LogP contribution in [0.4, 0.5) is 5.69 Å². The highest BCUT2D eigenvalue weighted by atomic mass is 16.1. The Kier molecular flexibility index (Phi) is 4.06. The molecule has 4 nitrogen and oxygen atoms in total. The summed E-state index contributed by atoms with van der Waals surface area (Å²) in [7, 11) is 0. The number of Topliss-reactive ketones (excluding diaryl/α,β-unsaturated/α-hetero) is 1. The van der Waals surface area contributed by atoms with Gasteiger partial charge in [-0.3, -0.25) is 9.59 Å². The van der Waals surface area contributed by atoms with Crippen LogP contribution >= 0.6 is 0 Å². The molecule has 0 fully saturated rings. The van der Waals surface area contributed by atoms with Crippen LogP contribution in [0.1, 0.15) is 27.6 Å². The average Bonchev–Trinajstić information content (AvgIpc) is 3.10. The van der Waals surface area contributed by atoms with Crippen molar-refractivity contribution in [2.75, 3.05) is 5.32 Å². The molecule has 114 valence electrons. The van der Waals surface area contributed by atoms with Gasteiger partial charge >= 0.3 is 0 Å². The van der Waals surface area contributed by atoms with Gasteiger partial charge in [-0.15, -0.1) is 0 Å². The minimum absolute atomic E-state index is 0.00213. The van der Waals surface area contributed by atoms with Crippen LogP contribution < -0.4 is 5.32 Å². The predicted molar refractivity (Wildman–Crippen MR) is 90.2 cm³/mol. The van der Waals surface area contributed by atoms with Crippen molar-refractivity contribution in [1.82, 2.24) is 4.57 Å². The number of amides is 1. The molecule has 2 aromatic carbocycles. The standard InChI is InChI=1S/C19H16N2O2/c1-14(22)15-7-9-17(10-8-15)20-19(23)16-5-4-6-18(13-16)21-11-2-3-12-21/h2-13H,1H3,(H,20,23). The van der Waals surface area contributed by atoms with E-state index in [0.717, 1.165) is 5.69 Å². The van der Waals surface area contributed by atoms with Crippen molar-refractivity contribution >= 4 is 17.4 Å². The van der Waals surface area contributed by atoms with Gasteiger partial charge in [-0.05, 0) is 61.5 Å². The minimum Gasteiger partial charge on any atom is -0.324 e. The Morgan fingerprint density at radius 2 is 1.57 bits per heavy atom. The van der Waals surface area contributed by atoms with Gasteiger partial charge in [-0.2, -0.15) is 0 Å². The van der Waals surface area contributed by atoms with E-state index in [0.29, 0.717) is 16.8 Å². The lowest BCUT2D eigenvalue weighted by Crippen LogP contribution is -2.12. The van der Waals surface area contributed by atoms with Crippen LogP contribution in [0.25, 0.3) is 5.69 Å². The van der Waals surface area contributed by atoms with E-state index in [-0.39, 0.29) is 11.7 Å². The van der Waals surface area contributed by atoms with Gasteiger partial charge in [-0.25, -0.2) is 0 Å². The Labute approximate surface area is 134 Å². The summed E-state index contributed by atoms with van der Waals surface area (Å²) in [5.41, 5.74) is 2.78. The number of hydrogen-bond donors (Lipinski definition) is 1. The van der Waals surface area contributed by atoms with Crippen LogP contribution in [-0.2, 0) is 0 Å². The molecule has 0 aliphatic rings. The van der Waals surface area contributed by atoms with Crippen LogP contribution in [0.3, 0.4) is 0 Å². The second kappa shape index (κ2) is 6.32. The van der Waals surface area contributed by atoms with E-state index in [1.165, 1.54) is 6.92 Å². The zero-order valence-electron chi connectivity index (χ0n) is 12.7. The monoisotopic (exact) mass is 304 g/mol. The van der Waals surface area contributed by atoms with E-state index in [9.17, 15) is 9.59 Å². The first-order valence-electron chi connectivity index (χ1n) is 7.29. The van der Waals surface area contributed by atoms with E-state index in [1.807, 2.05) is 47.3 Å². The third-order valence-electron chi connectivity index (χ3n) is 3.56. The largest absolute Gasteiger partial charge is 0.324 e. The number of nitrogens with one attached hydrogen (secondary N) is 1. The van der Waals surface area contributed by atoms with Crippen molar-refractivity contribution in [3.63, 3.8) is 0 Å². The molecule has 0 saturated carbocycles. The fourth-order valence-corrected chi connectivity index (χ4v) is 2.31. The first-order valence-corrected chi connectivity index (χ1v) is 7.29. The molecule has 0 atom stereocenters. The summed E-state index contributed by atoms with van der Waals surface area (Å²) in [6.45, 7) is 1.51. The molecule has 4 heteroatoms. The zero-order chi connectivity index (χ0) is 16.2. The molecular weight excluding hydrogens is 288 g/mol. The quantitative estimate of drug-likeness (QED) is 0.742. The molecule has 0 spiro atoms. The smallest absolute Gasteiger partial charge is 0.255 e. The van der Waals surface area contributed by atoms with Gasteiger partial charge < -0.3 is 9.88 Å². The first kappa shape index (κ1) is 14.8. The van der Waals surface area contributed by atoms with Crippen LogP contribution in [0, 0.1) is 0 Å². The van der Waals surface area contributed by atoms with Crippen LogP contribution in [0.5, 0.6) is 0 Å². The van der Waals surface area contributed by atoms with Crippen molar-refractivity contribution in [3.8, 4) is 5.69 Å². The number of nitrogens with zero attached hydrogens (tertiary/aromatic N) is 1. The Morgan fingerprint density at radius 1 is 0.870 bits per heavy atom. The number of hydrogen-bond acceptors (Lipinski definition) is 2. The third kappa shape index (κ3) is 3.37. The fraction of sp³-hybridized carbons (Fsp3) is 0.0526. The molecule has 0 aliphatic carbocycles. The number of anilines is 1. The SMILES string of the molecule is CC(=O)c1ccc(NC(=O)c2cccc(-n3cccc3)c2)cc1. The molecule has 3 aromatic rings. The van der Waals surface area contributed by atoms with E-state index < -0.39 is 0 Å². The van der Waals surface area contributed by atoms with Crippen LogP contribution in [0.15, 0.2) is 73.1 Å². The molecule has 1 aromatic heterocycles. The van der Waals surface area contributed by atoms with Crippen molar-refractivity contribution in [1.29, 1.82) is 0 Å². The van der Waals surface area contributed by atoms with Gasteiger partial charge in [0.1, 0.15) is 0 Å². The van der Waals surface area contributed by atoms with E-state index in [1.54, 1.807) is 30.3 Å². The second-order valence-electron chi connectivity index (χ2n) is 5.23. The van der Waals surface area contributed by atoms with Gasteiger partial charge in [0, 0.05) is 34.9 Å². The maximum atomic E-state index is 12.4. The molecule has 1 N–H and O–H groups in total. The lowest BCUT2D eigenvalue weighted by atomic mass is 10.1. The lowest BCUT2D eigenvalue weighted by molar-refractivity contribution is 0.101. The van der Waals surface area contributed by atoms with Crippen molar-refractivity contribution in [3.05, 3.63) is 84.2 Å². The molecule has 0 bridgehead atoms. The number of carbonyl (C=O) groups is 2. The van der Waals surface area contributed by atoms with E-state index >= 15 is 0 Å². The Hall–Kier alpha value is -3.14.